The summed E-state index contributed by atoms with van der Waals surface area (Å²) in [5.41, 5.74) is 0. The third kappa shape index (κ3) is 3.44. The van der Waals surface area contributed by atoms with E-state index in [9.17, 15) is 4.79 Å². The number of hydrogen-bond acceptors (Lipinski definition) is 2. The Labute approximate surface area is 95.2 Å². The first-order valence-electron chi connectivity index (χ1n) is 4.23. The van der Waals surface area contributed by atoms with Gasteiger partial charge in [0.05, 0.1) is 0 Å². The Morgan fingerprint density at radius 1 is 1.67 bits per heavy atom. The Hall–Kier alpha value is 0.430. The maximum absolute atomic E-state index is 10.5. The molecule has 66 valence electrons. The van der Waals surface area contributed by atoms with Gasteiger partial charge in [0.1, 0.15) is 6.04 Å². The van der Waals surface area contributed by atoms with Crippen LogP contribution in [-0.2, 0) is 4.79 Å². The molecule has 1 atom stereocenters. The van der Waals surface area contributed by atoms with Crippen LogP contribution in [0, 0.1) is 0 Å². The molecule has 0 saturated heterocycles. The van der Waals surface area contributed by atoms with E-state index >= 15 is 0 Å². The number of carbonyl (C=O) groups is 1. The molecule has 0 heterocycles. The van der Waals surface area contributed by atoms with E-state index < -0.39 is 5.97 Å². The molecule has 4 heteroatoms. The minimum atomic E-state index is -0.723. The molecule has 0 spiro atoms. The molecule has 3 nitrogen and oxygen atoms in total. The van der Waals surface area contributed by atoms with E-state index in [0.29, 0.717) is 12.5 Å². The van der Waals surface area contributed by atoms with Gasteiger partial charge in [0, 0.05) is 6.04 Å². The molecule has 0 aromatic rings. The van der Waals surface area contributed by atoms with Crippen molar-refractivity contribution < 1.29 is 9.90 Å². The third-order valence-corrected chi connectivity index (χ3v) is 2.25. The summed E-state index contributed by atoms with van der Waals surface area (Å²) in [6.07, 6.45) is 4.20. The van der Waals surface area contributed by atoms with E-state index in [-0.39, 0.29) is 35.6 Å². The quantitative estimate of drug-likeness (QED) is 0.615. The first-order chi connectivity index (χ1) is 5.24. The monoisotopic (exact) mass is 181 g/mol. The van der Waals surface area contributed by atoms with Crippen LogP contribution in [0.4, 0.5) is 0 Å². The topological polar surface area (TPSA) is 49.3 Å². The number of carboxylic acids is 1. The Morgan fingerprint density at radius 2 is 2.25 bits per heavy atom. The Bertz CT molecular complexity index is 148. The van der Waals surface area contributed by atoms with Crippen LogP contribution < -0.4 is 5.32 Å². The van der Waals surface area contributed by atoms with Gasteiger partial charge in [-0.2, -0.15) is 0 Å². The van der Waals surface area contributed by atoms with Gasteiger partial charge in [-0.3, -0.25) is 4.79 Å². The maximum atomic E-state index is 10.5. The molecule has 0 aliphatic heterocycles. The number of aliphatic carboxylic acids is 1. The van der Waals surface area contributed by atoms with Crippen molar-refractivity contribution in [3.8, 4) is 0 Å². The zero-order valence-electron chi connectivity index (χ0n) is 6.84. The molecule has 0 radical (unpaired) electrons. The average Bonchev–Trinajstić information content (AvgIpc) is 1.85. The molecular formula is C8H16NNaO2. The van der Waals surface area contributed by atoms with E-state index in [1.807, 2.05) is 6.92 Å². The molecule has 12 heavy (non-hydrogen) atoms. The SMILES string of the molecule is CCC(NC1CCC1)C(=O)O.[NaH]. The minimum absolute atomic E-state index is 0. The summed E-state index contributed by atoms with van der Waals surface area (Å²) in [6.45, 7) is 1.89. The molecule has 1 aliphatic carbocycles. The number of rotatable bonds is 4. The van der Waals surface area contributed by atoms with E-state index in [0.717, 1.165) is 12.8 Å². The molecular weight excluding hydrogens is 165 g/mol. The second-order valence-electron chi connectivity index (χ2n) is 3.09. The van der Waals surface area contributed by atoms with Crippen molar-refractivity contribution in [1.82, 2.24) is 5.32 Å². The summed E-state index contributed by atoms with van der Waals surface area (Å²) in [5, 5.41) is 11.8. The van der Waals surface area contributed by atoms with E-state index in [2.05, 4.69) is 5.32 Å². The summed E-state index contributed by atoms with van der Waals surface area (Å²) in [6, 6.07) is 0.136. The van der Waals surface area contributed by atoms with Gasteiger partial charge in [-0.15, -0.1) is 0 Å². The molecule has 1 aliphatic rings. The zero-order chi connectivity index (χ0) is 8.27. The fourth-order valence-electron chi connectivity index (χ4n) is 1.22. The second-order valence-corrected chi connectivity index (χ2v) is 3.09. The zero-order valence-corrected chi connectivity index (χ0v) is 6.84. The van der Waals surface area contributed by atoms with Crippen LogP contribution in [0.2, 0.25) is 0 Å². The first kappa shape index (κ1) is 12.4. The summed E-state index contributed by atoms with van der Waals surface area (Å²) < 4.78 is 0. The predicted molar refractivity (Wildman–Crippen MR) is 49.6 cm³/mol. The van der Waals surface area contributed by atoms with Gasteiger partial charge >= 0.3 is 35.5 Å². The molecule has 0 aromatic heterocycles. The molecule has 2 N–H and O–H groups in total. The molecule has 1 rings (SSSR count). The van der Waals surface area contributed by atoms with Gasteiger partial charge in [0.25, 0.3) is 0 Å². The van der Waals surface area contributed by atoms with E-state index in [1.165, 1.54) is 6.42 Å². The number of hydrogen-bond donors (Lipinski definition) is 2. The number of nitrogens with one attached hydrogen (secondary N) is 1. The van der Waals surface area contributed by atoms with Gasteiger partial charge in [0.15, 0.2) is 0 Å². The van der Waals surface area contributed by atoms with Crippen molar-refractivity contribution in [2.45, 2.75) is 44.7 Å². The normalized spacial score (nSPS) is 19.1. The van der Waals surface area contributed by atoms with Gasteiger partial charge < -0.3 is 10.4 Å². The van der Waals surface area contributed by atoms with Crippen molar-refractivity contribution in [3.63, 3.8) is 0 Å². The third-order valence-electron chi connectivity index (χ3n) is 2.25. The average molecular weight is 181 g/mol. The van der Waals surface area contributed by atoms with Crippen molar-refractivity contribution in [2.75, 3.05) is 0 Å². The Morgan fingerprint density at radius 3 is 2.50 bits per heavy atom. The molecule has 1 saturated carbocycles. The summed E-state index contributed by atoms with van der Waals surface area (Å²) in [4.78, 5) is 10.5. The molecule has 1 unspecified atom stereocenters. The predicted octanol–water partition coefficient (Wildman–Crippen LogP) is 0.343. The Kier molecular flexibility index (Phi) is 6.19. The molecule has 1 fully saturated rings. The van der Waals surface area contributed by atoms with Gasteiger partial charge in [-0.25, -0.2) is 0 Å². The van der Waals surface area contributed by atoms with Gasteiger partial charge in [-0.05, 0) is 19.3 Å². The van der Waals surface area contributed by atoms with Gasteiger partial charge in [-0.1, -0.05) is 13.3 Å². The van der Waals surface area contributed by atoms with E-state index in [4.69, 9.17) is 5.11 Å². The van der Waals surface area contributed by atoms with Gasteiger partial charge in [0.2, 0.25) is 0 Å². The molecule has 0 bridgehead atoms. The second kappa shape index (κ2) is 5.97. The molecule has 0 amide bonds. The van der Waals surface area contributed by atoms with Crippen LogP contribution in [0.3, 0.4) is 0 Å². The standard InChI is InChI=1S/C8H15NO2.Na.H/c1-2-7(8(10)11)9-6-4-3-5-6;;/h6-7,9H,2-5H2,1H3,(H,10,11);;. The Balaban J connectivity index is 0.00000121. The van der Waals surface area contributed by atoms with Crippen LogP contribution in [0.5, 0.6) is 0 Å². The van der Waals surface area contributed by atoms with Crippen LogP contribution in [-0.4, -0.2) is 52.7 Å². The van der Waals surface area contributed by atoms with Crippen molar-refractivity contribution in [2.24, 2.45) is 0 Å². The van der Waals surface area contributed by atoms with Crippen LogP contribution >= 0.6 is 0 Å². The fraction of sp³-hybridized carbons (Fsp3) is 0.875. The van der Waals surface area contributed by atoms with Crippen molar-refractivity contribution in [3.05, 3.63) is 0 Å². The fourth-order valence-corrected chi connectivity index (χ4v) is 1.22. The van der Waals surface area contributed by atoms with Crippen molar-refractivity contribution in [1.29, 1.82) is 0 Å². The van der Waals surface area contributed by atoms with Crippen LogP contribution in [0.25, 0.3) is 0 Å². The van der Waals surface area contributed by atoms with Crippen molar-refractivity contribution >= 4 is 35.5 Å². The summed E-state index contributed by atoms with van der Waals surface area (Å²) in [7, 11) is 0. The first-order valence-corrected chi connectivity index (χ1v) is 4.23. The molecule has 0 aromatic carbocycles. The van der Waals surface area contributed by atoms with Crippen LogP contribution in [0.1, 0.15) is 32.6 Å². The van der Waals surface area contributed by atoms with Crippen LogP contribution in [0.15, 0.2) is 0 Å². The summed E-state index contributed by atoms with van der Waals surface area (Å²) in [5.74, 6) is -0.723. The number of carboxylic acid groups (broad SMARTS) is 1. The van der Waals surface area contributed by atoms with E-state index in [1.54, 1.807) is 0 Å². The summed E-state index contributed by atoms with van der Waals surface area (Å²) >= 11 is 0.